The number of nitrogen functional groups attached to an aromatic ring is 1. The van der Waals surface area contributed by atoms with Crippen molar-refractivity contribution in [2.24, 2.45) is 5.92 Å². The lowest BCUT2D eigenvalue weighted by molar-refractivity contribution is -0.121. The highest BCUT2D eigenvalue weighted by Gasteiger charge is 2.25. The van der Waals surface area contributed by atoms with Gasteiger partial charge in [-0.05, 0) is 24.1 Å². The van der Waals surface area contributed by atoms with Gasteiger partial charge in [0.1, 0.15) is 0 Å². The lowest BCUT2D eigenvalue weighted by Gasteiger charge is -2.23. The molecule has 1 atom stereocenters. The third kappa shape index (κ3) is 1.44. The predicted octanol–water partition coefficient (Wildman–Crippen LogP) is 0.372. The molecule has 4 N–H and O–H groups in total. The van der Waals surface area contributed by atoms with Crippen molar-refractivity contribution in [1.29, 1.82) is 0 Å². The predicted molar refractivity (Wildman–Crippen MR) is 53.8 cm³/mol. The van der Waals surface area contributed by atoms with Crippen molar-refractivity contribution >= 4 is 17.3 Å². The number of benzene rings is 1. The van der Waals surface area contributed by atoms with E-state index in [2.05, 4.69) is 5.32 Å². The SMILES string of the molecule is Nc1ccc2c(c1)NC(=O)[C@@H](CO)C2. The molecule has 0 radical (unpaired) electrons. The van der Waals surface area contributed by atoms with Crippen molar-refractivity contribution in [3.63, 3.8) is 0 Å². The summed E-state index contributed by atoms with van der Waals surface area (Å²) in [5.74, 6) is -0.461. The summed E-state index contributed by atoms with van der Waals surface area (Å²) in [6.07, 6.45) is 0.581. The molecule has 0 saturated heterocycles. The van der Waals surface area contributed by atoms with Gasteiger partial charge in [0, 0.05) is 11.4 Å². The Labute approximate surface area is 81.7 Å². The summed E-state index contributed by atoms with van der Waals surface area (Å²) >= 11 is 0. The highest BCUT2D eigenvalue weighted by molar-refractivity contribution is 5.96. The molecule has 74 valence electrons. The number of hydrogen-bond donors (Lipinski definition) is 3. The van der Waals surface area contributed by atoms with E-state index in [0.29, 0.717) is 12.1 Å². The molecule has 0 bridgehead atoms. The van der Waals surface area contributed by atoms with Gasteiger partial charge in [-0.25, -0.2) is 0 Å². The first-order chi connectivity index (χ1) is 6.70. The zero-order valence-corrected chi connectivity index (χ0v) is 7.66. The fourth-order valence-electron chi connectivity index (χ4n) is 1.63. The van der Waals surface area contributed by atoms with E-state index in [1.807, 2.05) is 6.07 Å². The Hall–Kier alpha value is -1.55. The first-order valence-corrected chi connectivity index (χ1v) is 4.51. The van der Waals surface area contributed by atoms with Gasteiger partial charge in [0.15, 0.2) is 0 Å². The highest BCUT2D eigenvalue weighted by atomic mass is 16.3. The molecule has 4 heteroatoms. The van der Waals surface area contributed by atoms with Crippen LogP contribution >= 0.6 is 0 Å². The number of rotatable bonds is 1. The number of nitrogens with one attached hydrogen (secondary N) is 1. The van der Waals surface area contributed by atoms with Crippen LogP contribution in [0.3, 0.4) is 0 Å². The van der Waals surface area contributed by atoms with E-state index in [1.165, 1.54) is 0 Å². The van der Waals surface area contributed by atoms with E-state index < -0.39 is 0 Å². The van der Waals surface area contributed by atoms with Crippen LogP contribution in [-0.2, 0) is 11.2 Å². The standard InChI is InChI=1S/C10H12N2O2/c11-8-2-1-6-3-7(5-13)10(14)12-9(6)4-8/h1-2,4,7,13H,3,5,11H2,(H,12,14)/t7-/m1/s1. The molecular formula is C10H12N2O2. The monoisotopic (exact) mass is 192 g/mol. The molecule has 1 aliphatic heterocycles. The van der Waals surface area contributed by atoms with E-state index in [9.17, 15) is 4.79 Å². The molecular weight excluding hydrogens is 180 g/mol. The Morgan fingerprint density at radius 2 is 2.36 bits per heavy atom. The van der Waals surface area contributed by atoms with E-state index in [0.717, 1.165) is 11.3 Å². The molecule has 0 fully saturated rings. The average Bonchev–Trinajstić information content (AvgIpc) is 2.16. The lowest BCUT2D eigenvalue weighted by Crippen LogP contribution is -2.32. The second-order valence-electron chi connectivity index (χ2n) is 3.49. The number of amides is 1. The number of carbonyl (C=O) groups excluding carboxylic acids is 1. The topological polar surface area (TPSA) is 75.3 Å². The summed E-state index contributed by atoms with van der Waals surface area (Å²) in [6, 6.07) is 5.42. The molecule has 1 heterocycles. The third-order valence-electron chi connectivity index (χ3n) is 2.45. The molecule has 0 saturated carbocycles. The van der Waals surface area contributed by atoms with Crippen molar-refractivity contribution in [2.75, 3.05) is 17.7 Å². The molecule has 1 aromatic rings. The van der Waals surface area contributed by atoms with Crippen LogP contribution in [0.25, 0.3) is 0 Å². The number of aliphatic hydroxyl groups excluding tert-OH is 1. The maximum absolute atomic E-state index is 11.4. The first-order valence-electron chi connectivity index (χ1n) is 4.51. The Morgan fingerprint density at radius 1 is 1.57 bits per heavy atom. The molecule has 1 aromatic carbocycles. The van der Waals surface area contributed by atoms with Crippen LogP contribution in [0.2, 0.25) is 0 Å². The van der Waals surface area contributed by atoms with E-state index in [4.69, 9.17) is 10.8 Å². The number of nitrogens with two attached hydrogens (primary N) is 1. The van der Waals surface area contributed by atoms with Crippen molar-refractivity contribution < 1.29 is 9.90 Å². The van der Waals surface area contributed by atoms with Crippen LogP contribution in [0, 0.1) is 5.92 Å². The van der Waals surface area contributed by atoms with Gasteiger partial charge in [0.25, 0.3) is 0 Å². The smallest absolute Gasteiger partial charge is 0.230 e. The lowest BCUT2D eigenvalue weighted by atomic mass is 9.94. The van der Waals surface area contributed by atoms with Gasteiger partial charge in [-0.2, -0.15) is 0 Å². The summed E-state index contributed by atoms with van der Waals surface area (Å²) < 4.78 is 0. The van der Waals surface area contributed by atoms with Crippen LogP contribution in [0.5, 0.6) is 0 Å². The second kappa shape index (κ2) is 3.31. The number of fused-ring (bicyclic) bond motifs is 1. The molecule has 4 nitrogen and oxygen atoms in total. The molecule has 1 aliphatic rings. The van der Waals surface area contributed by atoms with Crippen molar-refractivity contribution in [1.82, 2.24) is 0 Å². The summed E-state index contributed by atoms with van der Waals surface area (Å²) in [7, 11) is 0. The summed E-state index contributed by atoms with van der Waals surface area (Å²) in [4.78, 5) is 11.4. The van der Waals surface area contributed by atoms with Gasteiger partial charge in [-0.1, -0.05) is 6.07 Å². The van der Waals surface area contributed by atoms with Crippen molar-refractivity contribution in [3.8, 4) is 0 Å². The Morgan fingerprint density at radius 3 is 3.07 bits per heavy atom. The molecule has 2 rings (SSSR count). The maximum Gasteiger partial charge on any atom is 0.230 e. The largest absolute Gasteiger partial charge is 0.399 e. The molecule has 14 heavy (non-hydrogen) atoms. The van der Waals surface area contributed by atoms with Gasteiger partial charge in [-0.3, -0.25) is 4.79 Å². The van der Waals surface area contributed by atoms with Crippen LogP contribution in [-0.4, -0.2) is 17.6 Å². The Bertz CT molecular complexity index is 376. The highest BCUT2D eigenvalue weighted by Crippen LogP contribution is 2.27. The minimum absolute atomic E-state index is 0.115. The van der Waals surface area contributed by atoms with Crippen LogP contribution in [0.15, 0.2) is 18.2 Å². The molecule has 0 aromatic heterocycles. The zero-order valence-electron chi connectivity index (χ0n) is 7.66. The van der Waals surface area contributed by atoms with E-state index in [-0.39, 0.29) is 18.4 Å². The fourth-order valence-corrected chi connectivity index (χ4v) is 1.63. The third-order valence-corrected chi connectivity index (χ3v) is 2.45. The normalized spacial score (nSPS) is 20.1. The molecule has 0 spiro atoms. The average molecular weight is 192 g/mol. The fraction of sp³-hybridized carbons (Fsp3) is 0.300. The maximum atomic E-state index is 11.4. The molecule has 1 amide bonds. The summed E-state index contributed by atoms with van der Waals surface area (Å²) in [5.41, 5.74) is 8.01. The number of carbonyl (C=O) groups is 1. The van der Waals surface area contributed by atoms with Crippen LogP contribution in [0.4, 0.5) is 11.4 Å². The van der Waals surface area contributed by atoms with E-state index >= 15 is 0 Å². The Balaban J connectivity index is 2.35. The summed E-state index contributed by atoms with van der Waals surface area (Å²) in [6.45, 7) is -0.115. The van der Waals surface area contributed by atoms with Gasteiger partial charge in [0.05, 0.1) is 12.5 Å². The minimum atomic E-state index is -0.328. The second-order valence-corrected chi connectivity index (χ2v) is 3.49. The van der Waals surface area contributed by atoms with Crippen LogP contribution in [0.1, 0.15) is 5.56 Å². The van der Waals surface area contributed by atoms with E-state index in [1.54, 1.807) is 12.1 Å². The quantitative estimate of drug-likeness (QED) is 0.563. The van der Waals surface area contributed by atoms with Gasteiger partial charge < -0.3 is 16.2 Å². The number of aliphatic hydroxyl groups is 1. The summed E-state index contributed by atoms with van der Waals surface area (Å²) in [5, 5.41) is 11.7. The zero-order chi connectivity index (χ0) is 10.1. The van der Waals surface area contributed by atoms with Gasteiger partial charge >= 0.3 is 0 Å². The Kier molecular flexibility index (Phi) is 2.13. The van der Waals surface area contributed by atoms with Crippen LogP contribution < -0.4 is 11.1 Å². The number of anilines is 2. The number of hydrogen-bond acceptors (Lipinski definition) is 3. The van der Waals surface area contributed by atoms with Gasteiger partial charge in [0.2, 0.25) is 5.91 Å². The molecule has 0 unspecified atom stereocenters. The first kappa shape index (κ1) is 9.02. The van der Waals surface area contributed by atoms with Crippen molar-refractivity contribution in [3.05, 3.63) is 23.8 Å². The minimum Gasteiger partial charge on any atom is -0.399 e. The molecule has 0 aliphatic carbocycles. The van der Waals surface area contributed by atoms with Gasteiger partial charge in [-0.15, -0.1) is 0 Å². The van der Waals surface area contributed by atoms with Crippen molar-refractivity contribution in [2.45, 2.75) is 6.42 Å².